The lowest BCUT2D eigenvalue weighted by molar-refractivity contribution is -0.160. The van der Waals surface area contributed by atoms with Crippen LogP contribution >= 0.6 is 0 Å². The highest BCUT2D eigenvalue weighted by Gasteiger charge is 2.64. The molecule has 0 aliphatic heterocycles. The predicted molar refractivity (Wildman–Crippen MR) is 56.0 cm³/mol. The maximum Gasteiger partial charge on any atom is 0.398 e. The van der Waals surface area contributed by atoms with Crippen LogP contribution in [0.5, 0.6) is 0 Å². The highest BCUT2D eigenvalue weighted by Crippen LogP contribution is 2.58. The Hall–Kier alpha value is -1.03. The van der Waals surface area contributed by atoms with Gasteiger partial charge in [-0.1, -0.05) is 24.3 Å². The van der Waals surface area contributed by atoms with Crippen LogP contribution in [0.15, 0.2) is 24.3 Å². The standard InChI is InChI=1S/C12H14F3N/c1-8(16)9-2-4-10(5-3-9)11(6-7-11)12(13,14)15/h2-5,8H,6-7,16H2,1H3. The molecule has 1 unspecified atom stereocenters. The Balaban J connectivity index is 2.29. The molecule has 0 aromatic heterocycles. The summed E-state index contributed by atoms with van der Waals surface area (Å²) in [5.74, 6) is 0. The van der Waals surface area contributed by atoms with Crippen molar-refractivity contribution in [3.63, 3.8) is 0 Å². The van der Waals surface area contributed by atoms with E-state index in [4.69, 9.17) is 5.73 Å². The fourth-order valence-corrected chi connectivity index (χ4v) is 1.97. The van der Waals surface area contributed by atoms with Gasteiger partial charge in [-0.15, -0.1) is 0 Å². The number of hydrogen-bond acceptors (Lipinski definition) is 1. The van der Waals surface area contributed by atoms with Crippen molar-refractivity contribution in [3.8, 4) is 0 Å². The van der Waals surface area contributed by atoms with Crippen LogP contribution in [0.3, 0.4) is 0 Å². The van der Waals surface area contributed by atoms with Crippen molar-refractivity contribution in [1.82, 2.24) is 0 Å². The summed E-state index contributed by atoms with van der Waals surface area (Å²) in [6.07, 6.45) is -3.73. The summed E-state index contributed by atoms with van der Waals surface area (Å²) < 4.78 is 38.4. The lowest BCUT2D eigenvalue weighted by Crippen LogP contribution is -2.28. The molecule has 4 heteroatoms. The van der Waals surface area contributed by atoms with E-state index < -0.39 is 11.6 Å². The normalized spacial score (nSPS) is 20.6. The maximum absolute atomic E-state index is 12.8. The van der Waals surface area contributed by atoms with Crippen LogP contribution in [0.4, 0.5) is 13.2 Å². The number of alkyl halides is 3. The third-order valence-corrected chi connectivity index (χ3v) is 3.28. The zero-order valence-corrected chi connectivity index (χ0v) is 9.01. The molecule has 1 fully saturated rings. The molecule has 1 aromatic rings. The minimum atomic E-state index is -4.14. The molecule has 0 spiro atoms. The van der Waals surface area contributed by atoms with Gasteiger partial charge < -0.3 is 5.73 Å². The summed E-state index contributed by atoms with van der Waals surface area (Å²) in [6.45, 7) is 1.81. The maximum atomic E-state index is 12.8. The van der Waals surface area contributed by atoms with Gasteiger partial charge in [0.05, 0.1) is 5.41 Å². The van der Waals surface area contributed by atoms with E-state index in [1.54, 1.807) is 24.3 Å². The number of hydrogen-bond donors (Lipinski definition) is 1. The Morgan fingerprint density at radius 1 is 1.19 bits per heavy atom. The largest absolute Gasteiger partial charge is 0.398 e. The lowest BCUT2D eigenvalue weighted by atomic mass is 9.93. The van der Waals surface area contributed by atoms with Crippen molar-refractivity contribution in [2.24, 2.45) is 5.73 Å². The summed E-state index contributed by atoms with van der Waals surface area (Å²) in [6, 6.07) is 6.34. The van der Waals surface area contributed by atoms with Gasteiger partial charge >= 0.3 is 6.18 Å². The van der Waals surface area contributed by atoms with Crippen LogP contribution in [-0.4, -0.2) is 6.18 Å². The van der Waals surface area contributed by atoms with E-state index in [1.807, 2.05) is 6.92 Å². The topological polar surface area (TPSA) is 26.0 Å². The molecule has 1 nitrogen and oxygen atoms in total. The minimum Gasteiger partial charge on any atom is -0.324 e. The summed E-state index contributed by atoms with van der Waals surface area (Å²) >= 11 is 0. The van der Waals surface area contributed by atoms with Gasteiger partial charge in [0.1, 0.15) is 0 Å². The van der Waals surface area contributed by atoms with E-state index in [0.717, 1.165) is 5.56 Å². The quantitative estimate of drug-likeness (QED) is 0.827. The molecule has 88 valence electrons. The summed E-state index contributed by atoms with van der Waals surface area (Å²) in [5.41, 5.74) is 5.30. The molecular weight excluding hydrogens is 215 g/mol. The summed E-state index contributed by atoms with van der Waals surface area (Å²) in [4.78, 5) is 0. The predicted octanol–water partition coefficient (Wildman–Crippen LogP) is 3.30. The molecule has 2 rings (SSSR count). The van der Waals surface area contributed by atoms with Crippen molar-refractivity contribution in [2.75, 3.05) is 0 Å². The Labute approximate surface area is 92.5 Å². The van der Waals surface area contributed by atoms with Crippen LogP contribution in [-0.2, 0) is 5.41 Å². The lowest BCUT2D eigenvalue weighted by Gasteiger charge is -2.20. The second kappa shape index (κ2) is 3.48. The first-order valence-electron chi connectivity index (χ1n) is 5.29. The first-order valence-corrected chi connectivity index (χ1v) is 5.29. The van der Waals surface area contributed by atoms with E-state index in [1.165, 1.54) is 0 Å². The van der Waals surface area contributed by atoms with Gasteiger partial charge in [0.15, 0.2) is 0 Å². The minimum absolute atomic E-state index is 0.143. The average molecular weight is 229 g/mol. The third kappa shape index (κ3) is 1.71. The molecular formula is C12H14F3N. The molecule has 0 bridgehead atoms. The summed E-state index contributed by atoms with van der Waals surface area (Å²) in [5, 5.41) is 0. The first-order chi connectivity index (χ1) is 7.37. The fourth-order valence-electron chi connectivity index (χ4n) is 1.97. The van der Waals surface area contributed by atoms with Gasteiger partial charge in [-0.2, -0.15) is 13.2 Å². The van der Waals surface area contributed by atoms with Gasteiger partial charge in [0, 0.05) is 6.04 Å². The molecule has 1 saturated carbocycles. The first kappa shape index (κ1) is 11.5. The SMILES string of the molecule is CC(N)c1ccc(C2(C(F)(F)F)CC2)cc1. The zero-order valence-electron chi connectivity index (χ0n) is 9.01. The zero-order chi connectivity index (χ0) is 12.0. The van der Waals surface area contributed by atoms with Gasteiger partial charge in [-0.05, 0) is 30.9 Å². The van der Waals surface area contributed by atoms with E-state index in [2.05, 4.69) is 0 Å². The van der Waals surface area contributed by atoms with Gasteiger partial charge in [-0.25, -0.2) is 0 Å². The molecule has 0 saturated heterocycles. The van der Waals surface area contributed by atoms with Crippen molar-refractivity contribution in [2.45, 2.75) is 37.4 Å². The molecule has 1 aromatic carbocycles. The monoisotopic (exact) mass is 229 g/mol. The van der Waals surface area contributed by atoms with Crippen LogP contribution in [0, 0.1) is 0 Å². The van der Waals surface area contributed by atoms with Crippen molar-refractivity contribution >= 4 is 0 Å². The van der Waals surface area contributed by atoms with E-state index in [-0.39, 0.29) is 18.9 Å². The molecule has 1 aliphatic carbocycles. The molecule has 16 heavy (non-hydrogen) atoms. The van der Waals surface area contributed by atoms with Gasteiger partial charge in [-0.3, -0.25) is 0 Å². The van der Waals surface area contributed by atoms with Crippen LogP contribution in [0.25, 0.3) is 0 Å². The Kier molecular flexibility index (Phi) is 2.49. The number of halogens is 3. The molecule has 0 amide bonds. The summed E-state index contributed by atoms with van der Waals surface area (Å²) in [7, 11) is 0. The van der Waals surface area contributed by atoms with Crippen molar-refractivity contribution < 1.29 is 13.2 Å². The Morgan fingerprint density at radius 2 is 1.69 bits per heavy atom. The fraction of sp³-hybridized carbons (Fsp3) is 0.500. The average Bonchev–Trinajstić information content (AvgIpc) is 2.97. The van der Waals surface area contributed by atoms with Crippen molar-refractivity contribution in [1.29, 1.82) is 0 Å². The van der Waals surface area contributed by atoms with Crippen LogP contribution in [0.2, 0.25) is 0 Å². The Bertz CT molecular complexity index is 374. The second-order valence-electron chi connectivity index (χ2n) is 4.49. The van der Waals surface area contributed by atoms with Gasteiger partial charge in [0.2, 0.25) is 0 Å². The molecule has 0 heterocycles. The Morgan fingerprint density at radius 3 is 2.00 bits per heavy atom. The van der Waals surface area contributed by atoms with E-state index in [9.17, 15) is 13.2 Å². The van der Waals surface area contributed by atoms with E-state index in [0.29, 0.717) is 5.56 Å². The number of rotatable bonds is 2. The molecule has 1 atom stereocenters. The number of nitrogens with two attached hydrogens (primary N) is 1. The van der Waals surface area contributed by atoms with E-state index >= 15 is 0 Å². The smallest absolute Gasteiger partial charge is 0.324 e. The third-order valence-electron chi connectivity index (χ3n) is 3.28. The molecule has 1 aliphatic rings. The van der Waals surface area contributed by atoms with Crippen LogP contribution in [0.1, 0.15) is 36.9 Å². The van der Waals surface area contributed by atoms with Gasteiger partial charge in [0.25, 0.3) is 0 Å². The van der Waals surface area contributed by atoms with Crippen molar-refractivity contribution in [3.05, 3.63) is 35.4 Å². The highest BCUT2D eigenvalue weighted by molar-refractivity contribution is 5.36. The second-order valence-corrected chi connectivity index (χ2v) is 4.49. The molecule has 2 N–H and O–H groups in total. The van der Waals surface area contributed by atoms with Crippen LogP contribution < -0.4 is 5.73 Å². The number of benzene rings is 1. The molecule has 0 radical (unpaired) electrons. The highest BCUT2D eigenvalue weighted by atomic mass is 19.4.